The summed E-state index contributed by atoms with van der Waals surface area (Å²) in [5, 5.41) is 2.74. The van der Waals surface area contributed by atoms with Crippen LogP contribution in [0.15, 0.2) is 22.7 Å². The van der Waals surface area contributed by atoms with Crippen molar-refractivity contribution in [2.75, 3.05) is 5.32 Å². The minimum absolute atomic E-state index is 0.0413. The standard InChI is InChI=1S/C9H10BrNO.2C2H6/c1-6-5-8(10)3-4-9(6)11-7(2)12;2*1-2/h3-5H,1-2H3,(H,11,12);2*1-2H3. The van der Waals surface area contributed by atoms with Gasteiger partial charge in [-0.05, 0) is 30.7 Å². The van der Waals surface area contributed by atoms with Gasteiger partial charge >= 0.3 is 0 Å². The first-order valence-corrected chi connectivity index (χ1v) is 6.42. The Balaban J connectivity index is 0. The fraction of sp³-hybridized carbons (Fsp3) is 0.462. The van der Waals surface area contributed by atoms with Gasteiger partial charge < -0.3 is 5.32 Å². The van der Waals surface area contributed by atoms with Gasteiger partial charge in [0, 0.05) is 17.1 Å². The fourth-order valence-electron chi connectivity index (χ4n) is 0.957. The van der Waals surface area contributed by atoms with Crippen molar-refractivity contribution in [2.45, 2.75) is 41.5 Å². The van der Waals surface area contributed by atoms with Crippen molar-refractivity contribution in [1.82, 2.24) is 0 Å². The maximum Gasteiger partial charge on any atom is 0.221 e. The van der Waals surface area contributed by atoms with Gasteiger partial charge in [0.1, 0.15) is 0 Å². The summed E-state index contributed by atoms with van der Waals surface area (Å²) >= 11 is 3.35. The zero-order chi connectivity index (χ0) is 13.1. The minimum Gasteiger partial charge on any atom is -0.326 e. The number of halogens is 1. The molecule has 0 fully saturated rings. The summed E-state index contributed by atoms with van der Waals surface area (Å²) in [6.45, 7) is 11.5. The van der Waals surface area contributed by atoms with E-state index < -0.39 is 0 Å². The van der Waals surface area contributed by atoms with Crippen LogP contribution in [-0.4, -0.2) is 5.91 Å². The van der Waals surface area contributed by atoms with Gasteiger partial charge in [0.15, 0.2) is 0 Å². The Kier molecular flexibility index (Phi) is 11.7. The number of hydrogen-bond acceptors (Lipinski definition) is 1. The predicted octanol–water partition coefficient (Wildman–Crippen LogP) is 4.77. The largest absolute Gasteiger partial charge is 0.326 e. The molecule has 1 amide bonds. The van der Waals surface area contributed by atoms with E-state index in [9.17, 15) is 4.79 Å². The normalized spacial score (nSPS) is 7.94. The molecule has 0 unspecified atom stereocenters. The highest BCUT2D eigenvalue weighted by molar-refractivity contribution is 9.10. The molecule has 92 valence electrons. The van der Waals surface area contributed by atoms with Gasteiger partial charge in [-0.25, -0.2) is 0 Å². The zero-order valence-electron chi connectivity index (χ0n) is 11.0. The second kappa shape index (κ2) is 10.7. The van der Waals surface area contributed by atoms with Crippen LogP contribution in [0.25, 0.3) is 0 Å². The molecule has 0 atom stereocenters. The highest BCUT2D eigenvalue weighted by atomic mass is 79.9. The molecule has 0 spiro atoms. The van der Waals surface area contributed by atoms with Crippen molar-refractivity contribution in [3.63, 3.8) is 0 Å². The number of anilines is 1. The first kappa shape index (κ1) is 17.6. The number of nitrogens with one attached hydrogen (secondary N) is 1. The lowest BCUT2D eigenvalue weighted by Crippen LogP contribution is -2.06. The predicted molar refractivity (Wildman–Crippen MR) is 75.9 cm³/mol. The van der Waals surface area contributed by atoms with Crippen LogP contribution in [0, 0.1) is 6.92 Å². The Labute approximate surface area is 108 Å². The van der Waals surface area contributed by atoms with Crippen LogP contribution < -0.4 is 5.32 Å². The first-order chi connectivity index (χ1) is 7.59. The van der Waals surface area contributed by atoms with Gasteiger partial charge in [-0.1, -0.05) is 43.6 Å². The van der Waals surface area contributed by atoms with E-state index in [1.54, 1.807) is 0 Å². The summed E-state index contributed by atoms with van der Waals surface area (Å²) in [6, 6.07) is 5.74. The Bertz CT molecular complexity index is 311. The van der Waals surface area contributed by atoms with Crippen LogP contribution in [0.3, 0.4) is 0 Å². The van der Waals surface area contributed by atoms with Gasteiger partial charge in [0.05, 0.1) is 0 Å². The van der Waals surface area contributed by atoms with Crippen molar-refractivity contribution < 1.29 is 4.79 Å². The van der Waals surface area contributed by atoms with E-state index in [4.69, 9.17) is 0 Å². The molecular weight excluding hydrogens is 266 g/mol. The molecule has 0 aliphatic carbocycles. The lowest BCUT2D eigenvalue weighted by atomic mass is 10.2. The van der Waals surface area contributed by atoms with E-state index in [1.165, 1.54) is 6.92 Å². The average molecular weight is 288 g/mol. The summed E-state index contributed by atoms with van der Waals surface area (Å²) in [6.07, 6.45) is 0. The third-order valence-corrected chi connectivity index (χ3v) is 1.99. The van der Waals surface area contributed by atoms with Crippen molar-refractivity contribution in [2.24, 2.45) is 0 Å². The third-order valence-electron chi connectivity index (χ3n) is 1.50. The van der Waals surface area contributed by atoms with Crippen LogP contribution in [0.5, 0.6) is 0 Å². The molecule has 1 aromatic carbocycles. The molecule has 0 radical (unpaired) electrons. The molecule has 3 heteroatoms. The molecule has 0 aromatic heterocycles. The molecule has 1 aromatic rings. The van der Waals surface area contributed by atoms with Gasteiger partial charge in [0.2, 0.25) is 5.91 Å². The molecule has 0 saturated heterocycles. The van der Waals surface area contributed by atoms with E-state index >= 15 is 0 Å². The van der Waals surface area contributed by atoms with E-state index in [0.29, 0.717) is 0 Å². The number of benzene rings is 1. The molecule has 2 nitrogen and oxygen atoms in total. The first-order valence-electron chi connectivity index (χ1n) is 5.63. The molecule has 0 aliphatic rings. The number of carbonyl (C=O) groups is 1. The summed E-state index contributed by atoms with van der Waals surface area (Å²) < 4.78 is 1.02. The highest BCUT2D eigenvalue weighted by Gasteiger charge is 1.99. The maximum absolute atomic E-state index is 10.7. The molecule has 1 N–H and O–H groups in total. The molecular formula is C13H22BrNO. The molecule has 0 aliphatic heterocycles. The SMILES string of the molecule is CC.CC.CC(=O)Nc1ccc(Br)cc1C. The molecule has 1 rings (SSSR count). The Morgan fingerprint density at radius 2 is 1.69 bits per heavy atom. The van der Waals surface area contributed by atoms with E-state index in [2.05, 4.69) is 21.2 Å². The number of amides is 1. The number of carbonyl (C=O) groups excluding carboxylic acids is 1. The number of aryl methyl sites for hydroxylation is 1. The van der Waals surface area contributed by atoms with E-state index in [0.717, 1.165) is 15.7 Å². The summed E-state index contributed by atoms with van der Waals surface area (Å²) in [4.78, 5) is 10.7. The van der Waals surface area contributed by atoms with Crippen molar-refractivity contribution in [3.8, 4) is 0 Å². The molecule has 0 saturated carbocycles. The second-order valence-electron chi connectivity index (χ2n) is 2.64. The second-order valence-corrected chi connectivity index (χ2v) is 3.56. The zero-order valence-corrected chi connectivity index (χ0v) is 12.6. The van der Waals surface area contributed by atoms with Crippen LogP contribution in [-0.2, 0) is 4.79 Å². The Morgan fingerprint density at radius 3 is 2.06 bits per heavy atom. The highest BCUT2D eigenvalue weighted by Crippen LogP contribution is 2.19. The van der Waals surface area contributed by atoms with E-state index in [-0.39, 0.29) is 5.91 Å². The summed E-state index contributed by atoms with van der Waals surface area (Å²) in [5.41, 5.74) is 1.92. The van der Waals surface area contributed by atoms with E-state index in [1.807, 2.05) is 52.8 Å². The van der Waals surface area contributed by atoms with Gasteiger partial charge in [-0.2, -0.15) is 0 Å². The lowest BCUT2D eigenvalue weighted by molar-refractivity contribution is -0.114. The lowest BCUT2D eigenvalue weighted by Gasteiger charge is -2.05. The average Bonchev–Trinajstić information content (AvgIpc) is 2.28. The Hall–Kier alpha value is -0.830. The van der Waals surface area contributed by atoms with Crippen LogP contribution in [0.1, 0.15) is 40.2 Å². The topological polar surface area (TPSA) is 29.1 Å². The number of rotatable bonds is 1. The van der Waals surface area contributed by atoms with Crippen molar-refractivity contribution in [1.29, 1.82) is 0 Å². The fourth-order valence-corrected chi connectivity index (χ4v) is 1.43. The molecule has 0 heterocycles. The number of hydrogen-bond donors (Lipinski definition) is 1. The van der Waals surface area contributed by atoms with Crippen molar-refractivity contribution in [3.05, 3.63) is 28.2 Å². The Morgan fingerprint density at radius 1 is 1.19 bits per heavy atom. The van der Waals surface area contributed by atoms with Crippen molar-refractivity contribution >= 4 is 27.5 Å². The smallest absolute Gasteiger partial charge is 0.221 e. The van der Waals surface area contributed by atoms with Gasteiger partial charge in [0.25, 0.3) is 0 Å². The maximum atomic E-state index is 10.7. The van der Waals surface area contributed by atoms with Crippen LogP contribution in [0.4, 0.5) is 5.69 Å². The van der Waals surface area contributed by atoms with Crippen LogP contribution in [0.2, 0.25) is 0 Å². The molecule has 0 bridgehead atoms. The monoisotopic (exact) mass is 287 g/mol. The summed E-state index contributed by atoms with van der Waals surface area (Å²) in [5.74, 6) is -0.0413. The quantitative estimate of drug-likeness (QED) is 0.792. The van der Waals surface area contributed by atoms with Gasteiger partial charge in [-0.15, -0.1) is 0 Å². The summed E-state index contributed by atoms with van der Waals surface area (Å²) in [7, 11) is 0. The van der Waals surface area contributed by atoms with Gasteiger partial charge in [-0.3, -0.25) is 4.79 Å². The third kappa shape index (κ3) is 7.46. The molecule has 16 heavy (non-hydrogen) atoms. The minimum atomic E-state index is -0.0413. The van der Waals surface area contributed by atoms with Crippen LogP contribution >= 0.6 is 15.9 Å².